The van der Waals surface area contributed by atoms with E-state index in [4.69, 9.17) is 20.8 Å². The van der Waals surface area contributed by atoms with Gasteiger partial charge in [0.05, 0.1) is 23.1 Å². The SMILES string of the molecule is O=C(COc1ccccc1Cl)N(Cc1ccc(-c2ccc(F)cc2)o1)C1CCS(=O)(=O)C1. The average molecular weight is 478 g/mol. The van der Waals surface area contributed by atoms with Crippen LogP contribution in [0.5, 0.6) is 5.75 Å². The summed E-state index contributed by atoms with van der Waals surface area (Å²) in [4.78, 5) is 14.5. The number of benzene rings is 2. The minimum atomic E-state index is -3.20. The van der Waals surface area contributed by atoms with Crippen molar-refractivity contribution < 1.29 is 26.8 Å². The van der Waals surface area contributed by atoms with E-state index in [1.165, 1.54) is 17.0 Å². The molecule has 1 aliphatic rings. The van der Waals surface area contributed by atoms with Gasteiger partial charge in [0.25, 0.3) is 5.91 Å². The van der Waals surface area contributed by atoms with Gasteiger partial charge in [0.1, 0.15) is 23.1 Å². The Kier molecular flexibility index (Phi) is 6.53. The molecule has 32 heavy (non-hydrogen) atoms. The first kappa shape index (κ1) is 22.4. The van der Waals surface area contributed by atoms with E-state index in [1.807, 2.05) is 0 Å². The van der Waals surface area contributed by atoms with Gasteiger partial charge in [-0.2, -0.15) is 0 Å². The summed E-state index contributed by atoms with van der Waals surface area (Å²) in [5.41, 5.74) is 0.695. The Morgan fingerprint density at radius 3 is 2.56 bits per heavy atom. The number of furan rings is 1. The van der Waals surface area contributed by atoms with Gasteiger partial charge in [0, 0.05) is 11.6 Å². The molecule has 1 fully saturated rings. The van der Waals surface area contributed by atoms with Gasteiger partial charge in [-0.15, -0.1) is 0 Å². The van der Waals surface area contributed by atoms with Gasteiger partial charge in [0.2, 0.25) is 0 Å². The molecule has 3 aromatic rings. The highest BCUT2D eigenvalue weighted by Crippen LogP contribution is 2.27. The molecule has 0 saturated carbocycles. The van der Waals surface area contributed by atoms with Gasteiger partial charge in [-0.3, -0.25) is 4.79 Å². The largest absolute Gasteiger partial charge is 0.482 e. The van der Waals surface area contributed by atoms with Crippen molar-refractivity contribution in [2.75, 3.05) is 18.1 Å². The highest BCUT2D eigenvalue weighted by Gasteiger charge is 2.35. The lowest BCUT2D eigenvalue weighted by Crippen LogP contribution is -2.43. The van der Waals surface area contributed by atoms with Crippen molar-refractivity contribution in [2.45, 2.75) is 19.0 Å². The van der Waals surface area contributed by atoms with Crippen molar-refractivity contribution >= 4 is 27.3 Å². The van der Waals surface area contributed by atoms with E-state index in [9.17, 15) is 17.6 Å². The Hall–Kier alpha value is -2.84. The Labute approximate surface area is 190 Å². The summed E-state index contributed by atoms with van der Waals surface area (Å²) in [6, 6.07) is 15.7. The van der Waals surface area contributed by atoms with Gasteiger partial charge < -0.3 is 14.1 Å². The quantitative estimate of drug-likeness (QED) is 0.506. The molecule has 4 rings (SSSR count). The fraction of sp³-hybridized carbons (Fsp3) is 0.261. The van der Waals surface area contributed by atoms with E-state index >= 15 is 0 Å². The fourth-order valence-electron chi connectivity index (χ4n) is 3.63. The van der Waals surface area contributed by atoms with Crippen LogP contribution in [0.3, 0.4) is 0 Å². The predicted octanol–water partition coefficient (Wildman–Crippen LogP) is 4.33. The number of rotatable bonds is 7. The zero-order chi connectivity index (χ0) is 22.7. The Balaban J connectivity index is 1.51. The molecule has 0 aliphatic carbocycles. The van der Waals surface area contributed by atoms with Crippen LogP contribution in [0.15, 0.2) is 65.1 Å². The molecule has 9 heteroatoms. The number of amides is 1. The summed E-state index contributed by atoms with van der Waals surface area (Å²) in [6.45, 7) is -0.197. The first-order valence-electron chi connectivity index (χ1n) is 10.0. The Morgan fingerprint density at radius 2 is 1.88 bits per heavy atom. The smallest absolute Gasteiger partial charge is 0.261 e. The molecule has 0 radical (unpaired) electrons. The van der Waals surface area contributed by atoms with E-state index in [1.54, 1.807) is 48.5 Å². The van der Waals surface area contributed by atoms with Crippen LogP contribution in [0.4, 0.5) is 4.39 Å². The van der Waals surface area contributed by atoms with E-state index in [0.717, 1.165) is 0 Å². The number of carbonyl (C=O) groups is 1. The van der Waals surface area contributed by atoms with Crippen molar-refractivity contribution in [3.8, 4) is 17.1 Å². The molecule has 0 bridgehead atoms. The number of halogens is 2. The molecule has 1 aromatic heterocycles. The fourth-order valence-corrected chi connectivity index (χ4v) is 5.55. The van der Waals surface area contributed by atoms with Gasteiger partial charge in [-0.05, 0) is 55.0 Å². The van der Waals surface area contributed by atoms with Crippen molar-refractivity contribution in [2.24, 2.45) is 0 Å². The minimum Gasteiger partial charge on any atom is -0.482 e. The molecule has 1 unspecified atom stereocenters. The van der Waals surface area contributed by atoms with Crippen LogP contribution in [-0.2, 0) is 21.2 Å². The van der Waals surface area contributed by atoms with Crippen LogP contribution in [0.25, 0.3) is 11.3 Å². The number of sulfone groups is 1. The summed E-state index contributed by atoms with van der Waals surface area (Å²) in [5, 5.41) is 0.380. The third-order valence-electron chi connectivity index (χ3n) is 5.27. The minimum absolute atomic E-state index is 0.0335. The number of para-hydroxylation sites is 1. The lowest BCUT2D eigenvalue weighted by atomic mass is 10.2. The number of carbonyl (C=O) groups excluding carboxylic acids is 1. The van der Waals surface area contributed by atoms with Crippen molar-refractivity contribution in [3.63, 3.8) is 0 Å². The lowest BCUT2D eigenvalue weighted by molar-refractivity contribution is -0.136. The van der Waals surface area contributed by atoms with E-state index < -0.39 is 15.9 Å². The van der Waals surface area contributed by atoms with Gasteiger partial charge in [0.15, 0.2) is 16.4 Å². The third kappa shape index (κ3) is 5.31. The summed E-state index contributed by atoms with van der Waals surface area (Å²) < 4.78 is 48.7. The molecule has 168 valence electrons. The first-order chi connectivity index (χ1) is 15.3. The highest BCUT2D eigenvalue weighted by molar-refractivity contribution is 7.91. The molecule has 1 saturated heterocycles. The molecule has 6 nitrogen and oxygen atoms in total. The zero-order valence-electron chi connectivity index (χ0n) is 17.0. The second-order valence-corrected chi connectivity index (χ2v) is 10.2. The number of hydrogen-bond acceptors (Lipinski definition) is 5. The van der Waals surface area contributed by atoms with Crippen LogP contribution in [0.2, 0.25) is 5.02 Å². The summed E-state index contributed by atoms with van der Waals surface area (Å²) >= 11 is 6.08. The average Bonchev–Trinajstić information content (AvgIpc) is 3.38. The topological polar surface area (TPSA) is 76.8 Å². The standard InChI is InChI=1S/C23H21ClFNO5S/c24-20-3-1-2-4-22(20)30-14-23(27)26(18-11-12-32(28,29)15-18)13-19-9-10-21(31-19)16-5-7-17(25)8-6-16/h1-10,18H,11-15H2. The molecule has 2 heterocycles. The van der Waals surface area contributed by atoms with Crippen molar-refractivity contribution in [1.82, 2.24) is 4.90 Å². The zero-order valence-corrected chi connectivity index (χ0v) is 18.6. The van der Waals surface area contributed by atoms with Crippen LogP contribution in [-0.4, -0.2) is 43.4 Å². The summed E-state index contributed by atoms with van der Waals surface area (Å²) in [7, 11) is -3.20. The van der Waals surface area contributed by atoms with Crippen LogP contribution in [0.1, 0.15) is 12.2 Å². The van der Waals surface area contributed by atoms with Crippen molar-refractivity contribution in [3.05, 3.63) is 77.3 Å². The molecule has 1 atom stereocenters. The molecule has 0 spiro atoms. The second-order valence-electron chi connectivity index (χ2n) is 7.57. The Morgan fingerprint density at radius 1 is 1.12 bits per heavy atom. The predicted molar refractivity (Wildman–Crippen MR) is 119 cm³/mol. The monoisotopic (exact) mass is 477 g/mol. The molecular weight excluding hydrogens is 457 g/mol. The number of nitrogens with zero attached hydrogens (tertiary/aromatic N) is 1. The Bertz CT molecular complexity index is 1210. The van der Waals surface area contributed by atoms with Gasteiger partial charge >= 0.3 is 0 Å². The summed E-state index contributed by atoms with van der Waals surface area (Å²) in [5.74, 6) is 0.601. The van der Waals surface area contributed by atoms with Crippen LogP contribution >= 0.6 is 11.6 Å². The highest BCUT2D eigenvalue weighted by atomic mass is 35.5. The normalized spacial score (nSPS) is 17.2. The maximum atomic E-state index is 13.2. The molecule has 2 aromatic carbocycles. The van der Waals surface area contributed by atoms with Gasteiger partial charge in [-0.1, -0.05) is 23.7 Å². The molecule has 1 aliphatic heterocycles. The van der Waals surface area contributed by atoms with Crippen LogP contribution < -0.4 is 4.74 Å². The number of ether oxygens (including phenoxy) is 1. The second kappa shape index (κ2) is 9.34. The number of hydrogen-bond donors (Lipinski definition) is 0. The maximum absolute atomic E-state index is 13.2. The van der Waals surface area contributed by atoms with E-state index in [-0.39, 0.29) is 36.4 Å². The van der Waals surface area contributed by atoms with Gasteiger partial charge in [-0.25, -0.2) is 12.8 Å². The van der Waals surface area contributed by atoms with E-state index in [0.29, 0.717) is 34.3 Å². The van der Waals surface area contributed by atoms with Crippen LogP contribution in [0, 0.1) is 5.82 Å². The lowest BCUT2D eigenvalue weighted by Gasteiger charge is -2.27. The molecular formula is C23H21ClFNO5S. The first-order valence-corrected chi connectivity index (χ1v) is 12.2. The van der Waals surface area contributed by atoms with E-state index in [2.05, 4.69) is 0 Å². The summed E-state index contributed by atoms with van der Waals surface area (Å²) in [6.07, 6.45) is 0.353. The van der Waals surface area contributed by atoms with Crippen molar-refractivity contribution in [1.29, 1.82) is 0 Å². The maximum Gasteiger partial charge on any atom is 0.261 e. The third-order valence-corrected chi connectivity index (χ3v) is 7.34. The molecule has 0 N–H and O–H groups in total. The molecule has 1 amide bonds.